The van der Waals surface area contributed by atoms with E-state index in [0.717, 1.165) is 68.7 Å². The Labute approximate surface area is 194 Å². The van der Waals surface area contributed by atoms with Gasteiger partial charge in [-0.1, -0.05) is 18.2 Å². The first-order valence-electron chi connectivity index (χ1n) is 12.0. The largest absolute Gasteiger partial charge is 0.358 e. The van der Waals surface area contributed by atoms with Gasteiger partial charge in [0.25, 0.3) is 5.91 Å². The van der Waals surface area contributed by atoms with Crippen LogP contribution >= 0.6 is 0 Å². The standard InChI is InChI=1S/C26H31FN4O2/c27-21-6-2-1-5-20(21)17-30-13-10-18(11-14-30)16-28-25(32)19-8-9-23-22(15-19)29-26(33)24-7-3-4-12-31(23)24/h1-2,5-6,8-9,15,18,24H,3-4,7,10-14,16-17H2,(H,28,32)(H,29,33)/t24-/m1/s1. The fraction of sp³-hybridized carbons (Fsp3) is 0.462. The van der Waals surface area contributed by atoms with Gasteiger partial charge in [0.1, 0.15) is 11.9 Å². The fourth-order valence-electron chi connectivity index (χ4n) is 5.29. The average Bonchev–Trinajstić information content (AvgIpc) is 2.84. The monoisotopic (exact) mass is 450 g/mol. The number of hydrogen-bond acceptors (Lipinski definition) is 4. The molecule has 0 saturated carbocycles. The second-order valence-corrected chi connectivity index (χ2v) is 9.45. The molecule has 1 atom stereocenters. The molecular weight excluding hydrogens is 419 g/mol. The molecule has 2 aromatic carbocycles. The summed E-state index contributed by atoms with van der Waals surface area (Å²) in [6.45, 7) is 3.94. The van der Waals surface area contributed by atoms with E-state index in [1.165, 1.54) is 6.07 Å². The molecule has 0 aliphatic carbocycles. The highest BCUT2D eigenvalue weighted by atomic mass is 19.1. The normalized spacial score (nSPS) is 21.2. The van der Waals surface area contributed by atoms with E-state index in [-0.39, 0.29) is 23.7 Å². The summed E-state index contributed by atoms with van der Waals surface area (Å²) in [7, 11) is 0. The third kappa shape index (κ3) is 4.74. The summed E-state index contributed by atoms with van der Waals surface area (Å²) in [5.74, 6) is 0.185. The maximum Gasteiger partial charge on any atom is 0.251 e. The Morgan fingerprint density at radius 1 is 1.06 bits per heavy atom. The van der Waals surface area contributed by atoms with Crippen LogP contribution in [0.5, 0.6) is 0 Å². The highest BCUT2D eigenvalue weighted by Gasteiger charge is 2.34. The highest BCUT2D eigenvalue weighted by Crippen LogP contribution is 2.36. The van der Waals surface area contributed by atoms with Crippen LogP contribution in [0.3, 0.4) is 0 Å². The van der Waals surface area contributed by atoms with E-state index in [2.05, 4.69) is 20.4 Å². The summed E-state index contributed by atoms with van der Waals surface area (Å²) < 4.78 is 13.9. The number of carbonyl (C=O) groups excluding carboxylic acids is 2. The van der Waals surface area contributed by atoms with Crippen molar-refractivity contribution in [3.8, 4) is 0 Å². The maximum atomic E-state index is 13.9. The molecule has 2 saturated heterocycles. The van der Waals surface area contributed by atoms with Gasteiger partial charge >= 0.3 is 0 Å². The van der Waals surface area contributed by atoms with E-state index < -0.39 is 0 Å². The number of piperidine rings is 2. The Balaban J connectivity index is 1.13. The summed E-state index contributed by atoms with van der Waals surface area (Å²) in [5, 5.41) is 6.07. The van der Waals surface area contributed by atoms with Crippen molar-refractivity contribution in [3.05, 3.63) is 59.4 Å². The molecule has 0 bridgehead atoms. The number of halogens is 1. The number of amides is 2. The van der Waals surface area contributed by atoms with Crippen molar-refractivity contribution in [2.24, 2.45) is 5.92 Å². The third-order valence-electron chi connectivity index (χ3n) is 7.24. The Bertz CT molecular complexity index is 1030. The number of likely N-dealkylation sites (tertiary alicyclic amines) is 1. The van der Waals surface area contributed by atoms with Crippen molar-refractivity contribution < 1.29 is 14.0 Å². The van der Waals surface area contributed by atoms with Crippen LogP contribution in [0.25, 0.3) is 0 Å². The molecule has 174 valence electrons. The van der Waals surface area contributed by atoms with Crippen LogP contribution in [0.2, 0.25) is 0 Å². The van der Waals surface area contributed by atoms with Crippen molar-refractivity contribution >= 4 is 23.2 Å². The number of anilines is 2. The number of nitrogens with one attached hydrogen (secondary N) is 2. The molecule has 0 radical (unpaired) electrons. The molecule has 0 aromatic heterocycles. The van der Waals surface area contributed by atoms with Crippen molar-refractivity contribution in [1.29, 1.82) is 0 Å². The highest BCUT2D eigenvalue weighted by molar-refractivity contribution is 6.05. The van der Waals surface area contributed by atoms with Crippen LogP contribution in [-0.4, -0.2) is 48.9 Å². The number of carbonyl (C=O) groups is 2. The van der Waals surface area contributed by atoms with E-state index in [1.54, 1.807) is 12.1 Å². The molecule has 2 aromatic rings. The molecule has 2 fully saturated rings. The number of fused-ring (bicyclic) bond motifs is 3. The molecule has 0 unspecified atom stereocenters. The molecule has 6 nitrogen and oxygen atoms in total. The molecule has 3 aliphatic rings. The average molecular weight is 451 g/mol. The van der Waals surface area contributed by atoms with Crippen molar-refractivity contribution in [1.82, 2.24) is 10.2 Å². The summed E-state index contributed by atoms with van der Waals surface area (Å²) in [4.78, 5) is 29.7. The Kier molecular flexibility index (Phi) is 6.31. The lowest BCUT2D eigenvalue weighted by Gasteiger charge is -2.41. The topological polar surface area (TPSA) is 64.7 Å². The molecule has 2 N–H and O–H groups in total. The van der Waals surface area contributed by atoms with E-state index in [9.17, 15) is 14.0 Å². The van der Waals surface area contributed by atoms with E-state index in [1.807, 2.05) is 24.3 Å². The minimum Gasteiger partial charge on any atom is -0.358 e. The predicted octanol–water partition coefficient (Wildman–Crippen LogP) is 3.78. The second-order valence-electron chi connectivity index (χ2n) is 9.45. The molecule has 7 heteroatoms. The van der Waals surface area contributed by atoms with Gasteiger partial charge in [-0.25, -0.2) is 4.39 Å². The minimum atomic E-state index is -0.149. The van der Waals surface area contributed by atoms with Crippen LogP contribution in [0.4, 0.5) is 15.8 Å². The van der Waals surface area contributed by atoms with Gasteiger partial charge in [-0.15, -0.1) is 0 Å². The lowest BCUT2D eigenvalue weighted by Crippen LogP contribution is -2.50. The van der Waals surface area contributed by atoms with Gasteiger partial charge in [0.2, 0.25) is 5.91 Å². The van der Waals surface area contributed by atoms with Gasteiger partial charge in [0.15, 0.2) is 0 Å². The third-order valence-corrected chi connectivity index (χ3v) is 7.24. The van der Waals surface area contributed by atoms with Gasteiger partial charge in [-0.2, -0.15) is 0 Å². The van der Waals surface area contributed by atoms with Crippen molar-refractivity contribution in [2.75, 3.05) is 36.4 Å². The number of benzene rings is 2. The summed E-state index contributed by atoms with van der Waals surface area (Å²) in [6.07, 6.45) is 5.00. The maximum absolute atomic E-state index is 13.9. The molecule has 3 aliphatic heterocycles. The van der Waals surface area contributed by atoms with Gasteiger partial charge in [-0.05, 0) is 75.4 Å². The fourth-order valence-corrected chi connectivity index (χ4v) is 5.29. The first-order chi connectivity index (χ1) is 16.1. The summed E-state index contributed by atoms with van der Waals surface area (Å²) >= 11 is 0. The number of nitrogens with zero attached hydrogens (tertiary/aromatic N) is 2. The molecule has 0 spiro atoms. The molecule has 2 amide bonds. The van der Waals surface area contributed by atoms with E-state index in [0.29, 0.717) is 24.6 Å². The number of rotatable bonds is 5. The summed E-state index contributed by atoms with van der Waals surface area (Å²) in [5.41, 5.74) is 3.05. The zero-order chi connectivity index (χ0) is 22.8. The minimum absolute atomic E-state index is 0.0295. The number of hydrogen-bond donors (Lipinski definition) is 2. The Morgan fingerprint density at radius 2 is 1.88 bits per heavy atom. The van der Waals surface area contributed by atoms with E-state index in [4.69, 9.17) is 0 Å². The zero-order valence-electron chi connectivity index (χ0n) is 18.9. The van der Waals surface area contributed by atoms with Crippen LogP contribution in [0.1, 0.15) is 48.0 Å². The molecule has 33 heavy (non-hydrogen) atoms. The second kappa shape index (κ2) is 9.51. The lowest BCUT2D eigenvalue weighted by molar-refractivity contribution is -0.118. The lowest BCUT2D eigenvalue weighted by atomic mass is 9.95. The summed E-state index contributed by atoms with van der Waals surface area (Å²) in [6, 6.07) is 12.5. The molecule has 5 rings (SSSR count). The van der Waals surface area contributed by atoms with Crippen molar-refractivity contribution in [2.45, 2.75) is 44.7 Å². The van der Waals surface area contributed by atoms with Gasteiger partial charge < -0.3 is 15.5 Å². The first-order valence-corrected chi connectivity index (χ1v) is 12.0. The quantitative estimate of drug-likeness (QED) is 0.728. The van der Waals surface area contributed by atoms with Crippen LogP contribution in [-0.2, 0) is 11.3 Å². The first kappa shape index (κ1) is 21.9. The molecule has 3 heterocycles. The van der Waals surface area contributed by atoms with Gasteiger partial charge in [0, 0.05) is 30.8 Å². The van der Waals surface area contributed by atoms with Crippen LogP contribution < -0.4 is 15.5 Å². The van der Waals surface area contributed by atoms with Crippen molar-refractivity contribution in [3.63, 3.8) is 0 Å². The Morgan fingerprint density at radius 3 is 2.70 bits per heavy atom. The van der Waals surface area contributed by atoms with E-state index >= 15 is 0 Å². The van der Waals surface area contributed by atoms with Gasteiger partial charge in [-0.3, -0.25) is 14.5 Å². The Hall–Kier alpha value is -2.93. The zero-order valence-corrected chi connectivity index (χ0v) is 18.9. The smallest absolute Gasteiger partial charge is 0.251 e. The molecular formula is C26H31FN4O2. The van der Waals surface area contributed by atoms with Gasteiger partial charge in [0.05, 0.1) is 11.4 Å². The SMILES string of the molecule is O=C(NCC1CCN(Cc2ccccc2F)CC1)c1ccc2c(c1)NC(=O)[C@H]1CCCCN21. The van der Waals surface area contributed by atoms with Crippen LogP contribution in [0.15, 0.2) is 42.5 Å². The predicted molar refractivity (Wildman–Crippen MR) is 127 cm³/mol. The van der Waals surface area contributed by atoms with Crippen LogP contribution in [0, 0.1) is 11.7 Å².